The fourth-order valence-electron chi connectivity index (χ4n) is 3.83. The second-order valence-corrected chi connectivity index (χ2v) is 9.81. The molecular formula is C28H29NO7S. The number of hydrogen-bond donors (Lipinski definition) is 1. The van der Waals surface area contributed by atoms with Crippen LogP contribution in [0, 0.1) is 0 Å². The maximum atomic E-state index is 13.2. The first kappa shape index (κ1) is 27.6. The molecule has 194 valence electrons. The predicted molar refractivity (Wildman–Crippen MR) is 142 cm³/mol. The number of nitrogens with one attached hydrogen (secondary N) is 1. The molecule has 0 bridgehead atoms. The summed E-state index contributed by atoms with van der Waals surface area (Å²) in [7, 11) is -0.870. The van der Waals surface area contributed by atoms with Gasteiger partial charge in [-0.25, -0.2) is 4.79 Å². The third-order valence-corrected chi connectivity index (χ3v) is 6.06. The molecule has 0 fully saturated rings. The maximum absolute atomic E-state index is 13.2. The SMILES string of the molecule is C=CCc1c(C(=O)Nc2ccc(C[C@H](OC)C(=O)OC)cc2)cccc1-c1ccc(OS(C)(=O)=O)cc1. The Balaban J connectivity index is 1.82. The van der Waals surface area contributed by atoms with Gasteiger partial charge in [0.1, 0.15) is 5.75 Å². The number of allylic oxidation sites excluding steroid dienone is 1. The van der Waals surface area contributed by atoms with Crippen LogP contribution in [0.1, 0.15) is 21.5 Å². The van der Waals surface area contributed by atoms with Crippen molar-refractivity contribution in [2.75, 3.05) is 25.8 Å². The van der Waals surface area contributed by atoms with Crippen LogP contribution in [0.3, 0.4) is 0 Å². The lowest BCUT2D eigenvalue weighted by Crippen LogP contribution is -2.26. The number of benzene rings is 3. The van der Waals surface area contributed by atoms with Crippen LogP contribution in [-0.4, -0.2) is 46.9 Å². The minimum Gasteiger partial charge on any atom is -0.467 e. The van der Waals surface area contributed by atoms with Crippen LogP contribution in [-0.2, 0) is 37.2 Å². The van der Waals surface area contributed by atoms with Crippen molar-refractivity contribution in [3.8, 4) is 16.9 Å². The molecule has 8 nitrogen and oxygen atoms in total. The van der Waals surface area contributed by atoms with E-state index in [0.29, 0.717) is 24.1 Å². The van der Waals surface area contributed by atoms with Gasteiger partial charge in [0.05, 0.1) is 13.4 Å². The molecule has 0 saturated heterocycles. The van der Waals surface area contributed by atoms with E-state index in [0.717, 1.165) is 28.5 Å². The van der Waals surface area contributed by atoms with Crippen molar-refractivity contribution < 1.29 is 31.7 Å². The Bertz CT molecular complexity index is 1360. The molecule has 3 rings (SSSR count). The summed E-state index contributed by atoms with van der Waals surface area (Å²) in [5.74, 6) is -0.530. The molecule has 1 atom stereocenters. The molecule has 0 heterocycles. The number of ether oxygens (including phenoxy) is 2. The summed E-state index contributed by atoms with van der Waals surface area (Å²) in [5, 5.41) is 2.92. The highest BCUT2D eigenvalue weighted by molar-refractivity contribution is 7.86. The van der Waals surface area contributed by atoms with Crippen molar-refractivity contribution in [2.45, 2.75) is 18.9 Å². The molecule has 0 aliphatic heterocycles. The number of carbonyl (C=O) groups excluding carboxylic acids is 2. The fraction of sp³-hybridized carbons (Fsp3) is 0.214. The highest BCUT2D eigenvalue weighted by Crippen LogP contribution is 2.29. The van der Waals surface area contributed by atoms with Gasteiger partial charge in [-0.2, -0.15) is 8.42 Å². The standard InChI is InChI=1S/C28H29NO7S/c1-5-7-24-23(20-12-16-22(17-13-20)36-37(4,32)33)8-6-9-25(24)27(30)29-21-14-10-19(11-15-21)18-26(34-2)28(31)35-3/h5-6,8-17,26H,1,7,18H2,2-4H3,(H,29,30)/t26-/m0/s1. The molecular weight excluding hydrogens is 494 g/mol. The number of rotatable bonds is 11. The minimum absolute atomic E-state index is 0.206. The summed E-state index contributed by atoms with van der Waals surface area (Å²) in [5.41, 5.74) is 4.34. The zero-order valence-corrected chi connectivity index (χ0v) is 21.7. The van der Waals surface area contributed by atoms with E-state index in [2.05, 4.69) is 11.9 Å². The van der Waals surface area contributed by atoms with Crippen LogP contribution in [0.5, 0.6) is 5.75 Å². The highest BCUT2D eigenvalue weighted by atomic mass is 32.2. The van der Waals surface area contributed by atoms with Gasteiger partial charge in [0.25, 0.3) is 5.91 Å². The first-order valence-corrected chi connectivity index (χ1v) is 13.2. The van der Waals surface area contributed by atoms with Crippen molar-refractivity contribution >= 4 is 27.7 Å². The average molecular weight is 524 g/mol. The molecule has 0 radical (unpaired) electrons. The predicted octanol–water partition coefficient (Wildman–Crippen LogP) is 4.40. The second-order valence-electron chi connectivity index (χ2n) is 8.24. The molecule has 3 aromatic carbocycles. The largest absolute Gasteiger partial charge is 0.467 e. The van der Waals surface area contributed by atoms with Crippen LogP contribution in [0.15, 0.2) is 79.4 Å². The monoisotopic (exact) mass is 523 g/mol. The minimum atomic E-state index is -3.63. The normalized spacial score (nSPS) is 11.9. The van der Waals surface area contributed by atoms with E-state index in [-0.39, 0.29) is 11.7 Å². The van der Waals surface area contributed by atoms with Crippen molar-refractivity contribution in [3.63, 3.8) is 0 Å². The first-order valence-electron chi connectivity index (χ1n) is 11.4. The van der Waals surface area contributed by atoms with Crippen LogP contribution in [0.2, 0.25) is 0 Å². The maximum Gasteiger partial charge on any atom is 0.335 e. The average Bonchev–Trinajstić information content (AvgIpc) is 2.87. The van der Waals surface area contributed by atoms with Crippen molar-refractivity contribution in [1.82, 2.24) is 0 Å². The zero-order valence-electron chi connectivity index (χ0n) is 20.9. The molecule has 0 spiro atoms. The van der Waals surface area contributed by atoms with Crippen molar-refractivity contribution in [3.05, 3.63) is 96.1 Å². The molecule has 1 amide bonds. The Morgan fingerprint density at radius 1 is 1.00 bits per heavy atom. The number of amides is 1. The van der Waals surface area contributed by atoms with Crippen molar-refractivity contribution in [1.29, 1.82) is 0 Å². The Hall–Kier alpha value is -3.95. The Morgan fingerprint density at radius 2 is 1.68 bits per heavy atom. The Kier molecular flexibility index (Phi) is 9.21. The lowest BCUT2D eigenvalue weighted by atomic mass is 9.92. The summed E-state index contributed by atoms with van der Waals surface area (Å²) in [6.45, 7) is 3.83. The zero-order chi connectivity index (χ0) is 27.0. The van der Waals surface area contributed by atoms with E-state index in [4.69, 9.17) is 13.7 Å². The highest BCUT2D eigenvalue weighted by Gasteiger charge is 2.19. The summed E-state index contributed by atoms with van der Waals surface area (Å²) in [4.78, 5) is 25.0. The number of hydrogen-bond acceptors (Lipinski definition) is 7. The van der Waals surface area contributed by atoms with Gasteiger partial charge in [-0.1, -0.05) is 42.5 Å². The molecule has 0 aliphatic carbocycles. The molecule has 0 aliphatic rings. The lowest BCUT2D eigenvalue weighted by Gasteiger charge is -2.15. The van der Waals surface area contributed by atoms with Gasteiger partial charge in [-0.15, -0.1) is 6.58 Å². The van der Waals surface area contributed by atoms with Gasteiger partial charge in [0.15, 0.2) is 6.10 Å². The number of esters is 1. The van der Waals surface area contributed by atoms with Gasteiger partial charge in [0, 0.05) is 24.8 Å². The smallest absolute Gasteiger partial charge is 0.335 e. The molecule has 1 N–H and O–H groups in total. The van der Waals surface area contributed by atoms with E-state index in [9.17, 15) is 18.0 Å². The summed E-state index contributed by atoms with van der Waals surface area (Å²) in [6, 6.07) is 19.2. The van der Waals surface area contributed by atoms with Gasteiger partial charge >= 0.3 is 16.1 Å². The van der Waals surface area contributed by atoms with Gasteiger partial charge in [-0.3, -0.25) is 4.79 Å². The summed E-state index contributed by atoms with van der Waals surface area (Å²) in [6.07, 6.45) is 2.79. The van der Waals surface area contributed by atoms with E-state index >= 15 is 0 Å². The topological polar surface area (TPSA) is 108 Å². The third-order valence-electron chi connectivity index (χ3n) is 5.56. The fourth-order valence-corrected chi connectivity index (χ4v) is 4.29. The quantitative estimate of drug-likeness (QED) is 0.225. The molecule has 37 heavy (non-hydrogen) atoms. The van der Waals surface area contributed by atoms with E-state index in [1.807, 2.05) is 18.2 Å². The van der Waals surface area contributed by atoms with Gasteiger partial charge < -0.3 is 19.0 Å². The van der Waals surface area contributed by atoms with Crippen LogP contribution in [0.25, 0.3) is 11.1 Å². The Labute approximate surface area is 217 Å². The molecule has 0 saturated carbocycles. The number of carbonyl (C=O) groups is 2. The molecule has 0 aromatic heterocycles. The van der Waals surface area contributed by atoms with E-state index in [1.54, 1.807) is 54.6 Å². The summed E-state index contributed by atoms with van der Waals surface area (Å²) >= 11 is 0. The summed E-state index contributed by atoms with van der Waals surface area (Å²) < 4.78 is 37.6. The number of methoxy groups -OCH3 is 2. The van der Waals surface area contributed by atoms with Gasteiger partial charge in [0.2, 0.25) is 0 Å². The van der Waals surface area contributed by atoms with Crippen LogP contribution in [0.4, 0.5) is 5.69 Å². The van der Waals surface area contributed by atoms with E-state index in [1.165, 1.54) is 14.2 Å². The molecule has 9 heteroatoms. The first-order chi connectivity index (χ1) is 17.6. The van der Waals surface area contributed by atoms with E-state index < -0.39 is 22.2 Å². The third kappa shape index (κ3) is 7.52. The molecule has 0 unspecified atom stereocenters. The second kappa shape index (κ2) is 12.3. The Morgan fingerprint density at radius 3 is 2.24 bits per heavy atom. The molecule has 3 aromatic rings. The van der Waals surface area contributed by atoms with Gasteiger partial charge in [-0.05, 0) is 59.0 Å². The van der Waals surface area contributed by atoms with Crippen LogP contribution < -0.4 is 9.50 Å². The van der Waals surface area contributed by atoms with Crippen LogP contribution >= 0.6 is 0 Å². The van der Waals surface area contributed by atoms with Crippen molar-refractivity contribution in [2.24, 2.45) is 0 Å². The lowest BCUT2D eigenvalue weighted by molar-refractivity contribution is -0.152. The number of anilines is 1.